The first-order chi connectivity index (χ1) is 9.02. The second-order valence-electron chi connectivity index (χ2n) is 4.26. The van der Waals surface area contributed by atoms with Crippen LogP contribution in [0.1, 0.15) is 22.7 Å². The van der Waals surface area contributed by atoms with Crippen molar-refractivity contribution >= 4 is 0 Å². The summed E-state index contributed by atoms with van der Waals surface area (Å²) in [6, 6.07) is 6.97. The molecule has 1 N–H and O–H groups in total. The lowest BCUT2D eigenvalue weighted by Gasteiger charge is -2.20. The normalized spacial score (nSPS) is 13.5. The lowest BCUT2D eigenvalue weighted by Crippen LogP contribution is -2.22. The first kappa shape index (κ1) is 13.7. The Morgan fingerprint density at radius 3 is 2.53 bits per heavy atom. The van der Waals surface area contributed by atoms with Crippen LogP contribution in [0.2, 0.25) is 0 Å². The molecule has 0 fully saturated rings. The number of alkyl halides is 3. The molecule has 0 radical (unpaired) electrons. The monoisotopic (exact) mass is 269 g/mol. The molecule has 5 heteroatoms. The van der Waals surface area contributed by atoms with Gasteiger partial charge in [0, 0.05) is 6.04 Å². The molecule has 102 valence electrons. The highest BCUT2D eigenvalue weighted by Crippen LogP contribution is 2.35. The van der Waals surface area contributed by atoms with Crippen molar-refractivity contribution in [2.45, 2.75) is 18.6 Å². The van der Waals surface area contributed by atoms with E-state index >= 15 is 0 Å². The Hall–Kier alpha value is -1.75. The summed E-state index contributed by atoms with van der Waals surface area (Å²) in [7, 11) is 1.65. The van der Waals surface area contributed by atoms with Crippen molar-refractivity contribution in [3.05, 3.63) is 59.5 Å². The molecule has 2 nitrogen and oxygen atoms in total. The standard InChI is InChI=1S/C14H14F3NO/c1-18-13(8-10-6-7-19-9-10)11-4-2-3-5-12(11)14(15,16)17/h2-7,9,13,18H,8H2,1H3. The largest absolute Gasteiger partial charge is 0.472 e. The summed E-state index contributed by atoms with van der Waals surface area (Å²) in [6.45, 7) is 0. The Balaban J connectivity index is 2.33. The number of rotatable bonds is 4. The van der Waals surface area contributed by atoms with Gasteiger partial charge in [0.25, 0.3) is 0 Å². The maximum absolute atomic E-state index is 13.0. The molecule has 2 rings (SSSR count). The fraction of sp³-hybridized carbons (Fsp3) is 0.286. The van der Waals surface area contributed by atoms with Crippen LogP contribution < -0.4 is 5.32 Å². The predicted octanol–water partition coefficient (Wildman–Crippen LogP) is 3.80. The van der Waals surface area contributed by atoms with Crippen molar-refractivity contribution in [1.82, 2.24) is 5.32 Å². The van der Waals surface area contributed by atoms with Crippen LogP contribution in [0.25, 0.3) is 0 Å². The van der Waals surface area contributed by atoms with Crippen molar-refractivity contribution < 1.29 is 17.6 Å². The molecule has 0 aliphatic heterocycles. The highest BCUT2D eigenvalue weighted by molar-refractivity contribution is 5.33. The second-order valence-corrected chi connectivity index (χ2v) is 4.26. The van der Waals surface area contributed by atoms with Crippen molar-refractivity contribution in [3.8, 4) is 0 Å². The molecule has 1 heterocycles. The van der Waals surface area contributed by atoms with E-state index in [4.69, 9.17) is 4.42 Å². The van der Waals surface area contributed by atoms with E-state index < -0.39 is 17.8 Å². The van der Waals surface area contributed by atoms with Crippen LogP contribution in [0.4, 0.5) is 13.2 Å². The molecule has 2 aromatic rings. The summed E-state index contributed by atoms with van der Waals surface area (Å²) in [4.78, 5) is 0. The van der Waals surface area contributed by atoms with Gasteiger partial charge in [-0.3, -0.25) is 0 Å². The molecule has 1 atom stereocenters. The Bertz CT molecular complexity index is 520. The van der Waals surface area contributed by atoms with Gasteiger partial charge in [-0.2, -0.15) is 13.2 Å². The molecular formula is C14H14F3NO. The zero-order chi connectivity index (χ0) is 13.9. The topological polar surface area (TPSA) is 25.2 Å². The predicted molar refractivity (Wildman–Crippen MR) is 65.7 cm³/mol. The van der Waals surface area contributed by atoms with Crippen molar-refractivity contribution in [1.29, 1.82) is 0 Å². The number of furan rings is 1. The minimum Gasteiger partial charge on any atom is -0.472 e. The molecule has 1 aromatic heterocycles. The molecule has 1 unspecified atom stereocenters. The van der Waals surface area contributed by atoms with Gasteiger partial charge >= 0.3 is 6.18 Å². The first-order valence-electron chi connectivity index (χ1n) is 5.87. The van der Waals surface area contributed by atoms with E-state index in [9.17, 15) is 13.2 Å². The van der Waals surface area contributed by atoms with Gasteiger partial charge in [-0.15, -0.1) is 0 Å². The lowest BCUT2D eigenvalue weighted by atomic mass is 9.95. The summed E-state index contributed by atoms with van der Waals surface area (Å²) >= 11 is 0. The number of likely N-dealkylation sites (N-methyl/N-ethyl adjacent to an activating group) is 1. The Morgan fingerprint density at radius 2 is 1.95 bits per heavy atom. The van der Waals surface area contributed by atoms with E-state index in [1.807, 2.05) is 0 Å². The number of hydrogen-bond donors (Lipinski definition) is 1. The third-order valence-electron chi connectivity index (χ3n) is 3.01. The van der Waals surface area contributed by atoms with Crippen molar-refractivity contribution in [3.63, 3.8) is 0 Å². The zero-order valence-corrected chi connectivity index (χ0v) is 10.4. The van der Waals surface area contributed by atoms with Crippen LogP contribution >= 0.6 is 0 Å². The quantitative estimate of drug-likeness (QED) is 0.913. The Morgan fingerprint density at radius 1 is 1.21 bits per heavy atom. The van der Waals surface area contributed by atoms with Crippen LogP contribution in [0.5, 0.6) is 0 Å². The molecule has 0 saturated heterocycles. The highest BCUT2D eigenvalue weighted by Gasteiger charge is 2.34. The first-order valence-corrected chi connectivity index (χ1v) is 5.87. The summed E-state index contributed by atoms with van der Waals surface area (Å²) in [5.41, 5.74) is 0.507. The summed E-state index contributed by atoms with van der Waals surface area (Å²) in [5.74, 6) is 0. The molecule has 0 amide bonds. The number of benzene rings is 1. The van der Waals surface area contributed by atoms with Gasteiger partial charge < -0.3 is 9.73 Å². The lowest BCUT2D eigenvalue weighted by molar-refractivity contribution is -0.138. The molecule has 0 saturated carbocycles. The van der Waals surface area contributed by atoms with Crippen LogP contribution in [0, 0.1) is 0 Å². The van der Waals surface area contributed by atoms with Crippen LogP contribution in [0.15, 0.2) is 47.3 Å². The number of halogens is 3. The van der Waals surface area contributed by atoms with Crippen LogP contribution in [-0.2, 0) is 12.6 Å². The van der Waals surface area contributed by atoms with Gasteiger partial charge in [0.05, 0.1) is 18.1 Å². The number of nitrogens with one attached hydrogen (secondary N) is 1. The van der Waals surface area contributed by atoms with E-state index in [2.05, 4.69) is 5.32 Å². The minimum atomic E-state index is -4.35. The molecule has 0 bridgehead atoms. The van der Waals surface area contributed by atoms with Gasteiger partial charge in [0.15, 0.2) is 0 Å². The average molecular weight is 269 g/mol. The maximum Gasteiger partial charge on any atom is 0.416 e. The smallest absolute Gasteiger partial charge is 0.416 e. The van der Waals surface area contributed by atoms with Gasteiger partial charge in [-0.1, -0.05) is 18.2 Å². The minimum absolute atomic E-state index is 0.249. The molecule has 0 aliphatic carbocycles. The van der Waals surface area contributed by atoms with Crippen molar-refractivity contribution in [2.75, 3.05) is 7.05 Å². The van der Waals surface area contributed by atoms with E-state index in [1.54, 1.807) is 25.4 Å². The van der Waals surface area contributed by atoms with Gasteiger partial charge in [0.1, 0.15) is 0 Å². The summed E-state index contributed by atoms with van der Waals surface area (Å²) in [5, 5.41) is 2.93. The SMILES string of the molecule is CNC(Cc1ccoc1)c1ccccc1C(F)(F)F. The summed E-state index contributed by atoms with van der Waals surface area (Å²) in [6.07, 6.45) is -0.847. The van der Waals surface area contributed by atoms with Crippen LogP contribution in [-0.4, -0.2) is 7.05 Å². The van der Waals surface area contributed by atoms with Gasteiger partial charge in [-0.25, -0.2) is 0 Å². The number of hydrogen-bond acceptors (Lipinski definition) is 2. The molecular weight excluding hydrogens is 255 g/mol. The molecule has 1 aromatic carbocycles. The van der Waals surface area contributed by atoms with E-state index in [0.29, 0.717) is 6.42 Å². The summed E-state index contributed by atoms with van der Waals surface area (Å²) < 4.78 is 43.9. The van der Waals surface area contributed by atoms with E-state index in [-0.39, 0.29) is 5.56 Å². The third-order valence-corrected chi connectivity index (χ3v) is 3.01. The Labute approximate surface area is 109 Å². The van der Waals surface area contributed by atoms with Gasteiger partial charge in [0.2, 0.25) is 0 Å². The Kier molecular flexibility index (Phi) is 3.95. The molecule has 0 aliphatic rings. The van der Waals surface area contributed by atoms with E-state index in [1.165, 1.54) is 18.4 Å². The van der Waals surface area contributed by atoms with E-state index in [0.717, 1.165) is 11.6 Å². The average Bonchev–Trinajstić information content (AvgIpc) is 2.88. The maximum atomic E-state index is 13.0. The van der Waals surface area contributed by atoms with Crippen molar-refractivity contribution in [2.24, 2.45) is 0 Å². The third kappa shape index (κ3) is 3.17. The zero-order valence-electron chi connectivity index (χ0n) is 10.4. The van der Waals surface area contributed by atoms with Gasteiger partial charge in [-0.05, 0) is 36.7 Å². The fourth-order valence-electron chi connectivity index (χ4n) is 2.07. The molecule has 0 spiro atoms. The molecule has 19 heavy (non-hydrogen) atoms. The highest BCUT2D eigenvalue weighted by atomic mass is 19.4. The van der Waals surface area contributed by atoms with Crippen LogP contribution in [0.3, 0.4) is 0 Å². The second kappa shape index (κ2) is 5.48. The fourth-order valence-corrected chi connectivity index (χ4v) is 2.07.